The van der Waals surface area contributed by atoms with Crippen molar-refractivity contribution in [2.45, 2.75) is 44.1 Å². The third-order valence-corrected chi connectivity index (χ3v) is 3.52. The van der Waals surface area contributed by atoms with Crippen LogP contribution in [0.5, 0.6) is 0 Å². The van der Waals surface area contributed by atoms with Gasteiger partial charge in [-0.05, 0) is 18.4 Å². The second-order valence-corrected chi connectivity index (χ2v) is 5.11. The number of aliphatic hydroxyl groups is 2. The van der Waals surface area contributed by atoms with Gasteiger partial charge in [0.2, 0.25) is 0 Å². The number of benzene rings is 1. The Morgan fingerprint density at radius 2 is 2.00 bits per heavy atom. The fraction of sp³-hybridized carbons (Fsp3) is 0.467. The molecule has 1 aliphatic rings. The van der Waals surface area contributed by atoms with E-state index in [4.69, 9.17) is 4.74 Å². The van der Waals surface area contributed by atoms with Gasteiger partial charge >= 0.3 is 6.09 Å². The number of nitrogens with one attached hydrogen (secondary N) is 1. The quantitative estimate of drug-likeness (QED) is 0.715. The molecule has 0 bridgehead atoms. The van der Waals surface area contributed by atoms with E-state index in [1.54, 1.807) is 0 Å². The molecule has 6 nitrogen and oxygen atoms in total. The van der Waals surface area contributed by atoms with E-state index >= 15 is 0 Å². The summed E-state index contributed by atoms with van der Waals surface area (Å²) in [5, 5.41) is 22.0. The second kappa shape index (κ2) is 7.19. The van der Waals surface area contributed by atoms with Crippen molar-refractivity contribution in [3.8, 4) is 0 Å². The first-order chi connectivity index (χ1) is 10.1. The molecule has 6 heteroatoms. The van der Waals surface area contributed by atoms with Crippen LogP contribution >= 0.6 is 0 Å². The number of ether oxygens (including phenoxy) is 1. The lowest BCUT2D eigenvalue weighted by Crippen LogP contribution is -2.49. The van der Waals surface area contributed by atoms with Gasteiger partial charge in [-0.2, -0.15) is 0 Å². The van der Waals surface area contributed by atoms with Crippen molar-refractivity contribution < 1.29 is 24.5 Å². The van der Waals surface area contributed by atoms with Crippen LogP contribution in [-0.2, 0) is 16.1 Å². The monoisotopic (exact) mass is 293 g/mol. The van der Waals surface area contributed by atoms with Gasteiger partial charge in [-0.15, -0.1) is 0 Å². The molecule has 0 heterocycles. The average Bonchev–Trinajstić information content (AvgIpc) is 2.61. The van der Waals surface area contributed by atoms with Crippen molar-refractivity contribution in [3.05, 3.63) is 35.9 Å². The van der Waals surface area contributed by atoms with Crippen molar-refractivity contribution in [1.82, 2.24) is 5.32 Å². The van der Waals surface area contributed by atoms with Crippen LogP contribution < -0.4 is 5.32 Å². The number of ketones is 1. The molecule has 21 heavy (non-hydrogen) atoms. The maximum Gasteiger partial charge on any atom is 0.407 e. The molecule has 3 atom stereocenters. The molecule has 0 radical (unpaired) electrons. The minimum Gasteiger partial charge on any atom is -0.445 e. The molecule has 0 aromatic heterocycles. The number of carbonyl (C=O) groups excluding carboxylic acids is 2. The summed E-state index contributed by atoms with van der Waals surface area (Å²) < 4.78 is 5.05. The largest absolute Gasteiger partial charge is 0.445 e. The molecule has 1 fully saturated rings. The number of aliphatic hydroxyl groups excluding tert-OH is 2. The molecule has 1 aromatic carbocycles. The molecule has 0 aliphatic heterocycles. The van der Waals surface area contributed by atoms with Gasteiger partial charge in [-0.3, -0.25) is 4.79 Å². The van der Waals surface area contributed by atoms with Crippen LogP contribution in [0.3, 0.4) is 0 Å². The van der Waals surface area contributed by atoms with Crippen molar-refractivity contribution in [3.63, 3.8) is 0 Å². The van der Waals surface area contributed by atoms with E-state index in [-0.39, 0.29) is 13.0 Å². The van der Waals surface area contributed by atoms with Gasteiger partial charge in [-0.25, -0.2) is 4.79 Å². The predicted molar refractivity (Wildman–Crippen MR) is 74.4 cm³/mol. The molecule has 3 N–H and O–H groups in total. The maximum absolute atomic E-state index is 11.7. The summed E-state index contributed by atoms with van der Waals surface area (Å²) in [7, 11) is 0. The summed E-state index contributed by atoms with van der Waals surface area (Å²) in [5.74, 6) is -0.399. The van der Waals surface area contributed by atoms with Gasteiger partial charge in [0.1, 0.15) is 18.8 Å². The van der Waals surface area contributed by atoms with E-state index in [9.17, 15) is 19.8 Å². The first kappa shape index (κ1) is 15.5. The highest BCUT2D eigenvalue weighted by molar-refractivity contribution is 5.84. The molecule has 114 valence electrons. The lowest BCUT2D eigenvalue weighted by Gasteiger charge is -2.23. The molecule has 1 amide bonds. The molecule has 1 aliphatic carbocycles. The Balaban J connectivity index is 1.85. The zero-order chi connectivity index (χ0) is 15.2. The number of carbonyl (C=O) groups is 2. The number of Topliss-reactive ketones (excluding diaryl/α,β-unsaturated/α-hetero) is 1. The fourth-order valence-electron chi connectivity index (χ4n) is 2.30. The summed E-state index contributed by atoms with van der Waals surface area (Å²) in [6.45, 7) is 0.122. The van der Waals surface area contributed by atoms with E-state index in [0.717, 1.165) is 5.56 Å². The van der Waals surface area contributed by atoms with Crippen molar-refractivity contribution in [2.75, 3.05) is 0 Å². The standard InChI is InChI=1S/C15H19NO5/c17-12-8-4-7-11(13(18)14(12)19)16-15(20)21-9-10-5-2-1-3-6-10/h1-3,5-6,11,13-14,18-19H,4,7-9H2,(H,16,20)/t11-,13-,14+/m0/s1. The lowest BCUT2D eigenvalue weighted by molar-refractivity contribution is -0.132. The molecule has 1 aromatic rings. The van der Waals surface area contributed by atoms with E-state index in [1.807, 2.05) is 30.3 Å². The van der Waals surface area contributed by atoms with E-state index in [2.05, 4.69) is 5.32 Å². The van der Waals surface area contributed by atoms with Gasteiger partial charge in [0, 0.05) is 6.42 Å². The van der Waals surface area contributed by atoms with Crippen molar-refractivity contribution in [2.24, 2.45) is 0 Å². The van der Waals surface area contributed by atoms with Gasteiger partial charge in [0.25, 0.3) is 0 Å². The number of rotatable bonds is 3. The molecule has 0 spiro atoms. The number of alkyl carbamates (subject to hydrolysis) is 1. The van der Waals surface area contributed by atoms with Crippen LogP contribution in [0.2, 0.25) is 0 Å². The van der Waals surface area contributed by atoms with Gasteiger partial charge < -0.3 is 20.3 Å². The van der Waals surface area contributed by atoms with Crippen molar-refractivity contribution in [1.29, 1.82) is 0 Å². The predicted octanol–water partition coefficient (Wildman–Crippen LogP) is 0.756. The topological polar surface area (TPSA) is 95.9 Å². The third kappa shape index (κ3) is 4.27. The Morgan fingerprint density at radius 3 is 2.71 bits per heavy atom. The van der Waals surface area contributed by atoms with Crippen LogP contribution in [0, 0.1) is 0 Å². The summed E-state index contributed by atoms with van der Waals surface area (Å²) in [6, 6.07) is 8.52. The average molecular weight is 293 g/mol. The highest BCUT2D eigenvalue weighted by Crippen LogP contribution is 2.16. The van der Waals surface area contributed by atoms with Gasteiger partial charge in [-0.1, -0.05) is 30.3 Å². The zero-order valence-electron chi connectivity index (χ0n) is 11.6. The van der Waals surface area contributed by atoms with Gasteiger partial charge in [0.15, 0.2) is 5.78 Å². The van der Waals surface area contributed by atoms with Crippen molar-refractivity contribution >= 4 is 11.9 Å². The van der Waals surface area contributed by atoms with Crippen LogP contribution in [0.25, 0.3) is 0 Å². The van der Waals surface area contributed by atoms with Crippen LogP contribution in [0.4, 0.5) is 4.79 Å². The normalized spacial score (nSPS) is 26.0. The molecular formula is C15H19NO5. The molecule has 0 unspecified atom stereocenters. The third-order valence-electron chi connectivity index (χ3n) is 3.52. The zero-order valence-corrected chi connectivity index (χ0v) is 11.6. The first-order valence-corrected chi connectivity index (χ1v) is 6.94. The SMILES string of the molecule is O=C(N[C@H]1CCCC(=O)[C@@H](O)[C@H]1O)OCc1ccccc1. The Morgan fingerprint density at radius 1 is 1.29 bits per heavy atom. The number of hydrogen-bond donors (Lipinski definition) is 3. The fourth-order valence-corrected chi connectivity index (χ4v) is 2.30. The summed E-state index contributed by atoms with van der Waals surface area (Å²) in [4.78, 5) is 23.1. The Hall–Kier alpha value is -1.92. The van der Waals surface area contributed by atoms with Gasteiger partial charge in [0.05, 0.1) is 6.04 Å². The minimum atomic E-state index is -1.45. The van der Waals surface area contributed by atoms with E-state index in [0.29, 0.717) is 12.8 Å². The summed E-state index contributed by atoms with van der Waals surface area (Å²) >= 11 is 0. The molecule has 2 rings (SSSR count). The highest BCUT2D eigenvalue weighted by atomic mass is 16.5. The molecule has 1 saturated carbocycles. The smallest absolute Gasteiger partial charge is 0.407 e. The minimum absolute atomic E-state index is 0.122. The molecule has 0 saturated heterocycles. The second-order valence-electron chi connectivity index (χ2n) is 5.11. The number of amides is 1. The van der Waals surface area contributed by atoms with Crippen LogP contribution in [-0.4, -0.2) is 40.3 Å². The Kier molecular flexibility index (Phi) is 5.30. The highest BCUT2D eigenvalue weighted by Gasteiger charge is 2.34. The summed E-state index contributed by atoms with van der Waals surface area (Å²) in [6.07, 6.45) is -2.29. The number of hydrogen-bond acceptors (Lipinski definition) is 5. The Bertz CT molecular complexity index is 490. The van der Waals surface area contributed by atoms with Crippen LogP contribution in [0.1, 0.15) is 24.8 Å². The summed E-state index contributed by atoms with van der Waals surface area (Å²) in [5.41, 5.74) is 0.851. The molecular weight excluding hydrogens is 274 g/mol. The van der Waals surface area contributed by atoms with E-state index < -0.39 is 30.1 Å². The maximum atomic E-state index is 11.7. The van der Waals surface area contributed by atoms with Crippen LogP contribution in [0.15, 0.2) is 30.3 Å². The Labute approximate surface area is 122 Å². The van der Waals surface area contributed by atoms with E-state index in [1.165, 1.54) is 0 Å². The lowest BCUT2D eigenvalue weighted by atomic mass is 10.0. The first-order valence-electron chi connectivity index (χ1n) is 6.94.